The number of nitrogens with one attached hydrogen (secondary N) is 1. The number of rotatable bonds is 4. The number of likely N-dealkylation sites (N-methyl/N-ethyl adjacent to an activating group) is 1. The molecule has 2 amide bonds. The fourth-order valence-corrected chi connectivity index (χ4v) is 4.39. The number of piperidine rings is 1. The standard InChI is InChI=1S/C17H26N4O2S/c1-11(2)15-14(18-10-24-15)16(22)19-12-4-8-21(9-5-12)13-6-7-20(3)17(13)23/h10-13H,4-9H2,1-3H3,(H,19,22). The van der Waals surface area contributed by atoms with E-state index in [0.717, 1.165) is 43.8 Å². The Morgan fingerprint density at radius 1 is 1.29 bits per heavy atom. The quantitative estimate of drug-likeness (QED) is 0.897. The van der Waals surface area contributed by atoms with E-state index in [-0.39, 0.29) is 23.9 Å². The zero-order chi connectivity index (χ0) is 17.3. The number of aromatic nitrogens is 1. The molecule has 0 aromatic carbocycles. The van der Waals surface area contributed by atoms with Crippen molar-refractivity contribution in [1.82, 2.24) is 20.1 Å². The molecule has 1 N–H and O–H groups in total. The number of carbonyl (C=O) groups is 2. The molecule has 6 nitrogen and oxygen atoms in total. The summed E-state index contributed by atoms with van der Waals surface area (Å²) >= 11 is 1.54. The highest BCUT2D eigenvalue weighted by molar-refractivity contribution is 7.10. The lowest BCUT2D eigenvalue weighted by Gasteiger charge is -2.35. The second-order valence-corrected chi connectivity index (χ2v) is 7.95. The Hall–Kier alpha value is -1.47. The molecular formula is C17H26N4O2S. The van der Waals surface area contributed by atoms with Crippen LogP contribution in [0, 0.1) is 0 Å². The van der Waals surface area contributed by atoms with Gasteiger partial charge in [-0.1, -0.05) is 13.8 Å². The number of hydrogen-bond acceptors (Lipinski definition) is 5. The first-order valence-electron chi connectivity index (χ1n) is 8.70. The summed E-state index contributed by atoms with van der Waals surface area (Å²) in [4.78, 5) is 34.0. The van der Waals surface area contributed by atoms with Gasteiger partial charge in [-0.25, -0.2) is 4.98 Å². The molecular weight excluding hydrogens is 324 g/mol. The molecule has 3 heterocycles. The van der Waals surface area contributed by atoms with Crippen LogP contribution in [0.15, 0.2) is 5.51 Å². The highest BCUT2D eigenvalue weighted by Gasteiger charge is 2.36. The Morgan fingerprint density at radius 2 is 2.00 bits per heavy atom. The molecule has 24 heavy (non-hydrogen) atoms. The fraction of sp³-hybridized carbons (Fsp3) is 0.706. The van der Waals surface area contributed by atoms with Gasteiger partial charge in [0.05, 0.1) is 11.6 Å². The van der Waals surface area contributed by atoms with Crippen LogP contribution in [-0.4, -0.2) is 65.4 Å². The Bertz CT molecular complexity index is 607. The third-order valence-electron chi connectivity index (χ3n) is 5.04. The molecule has 1 aromatic heterocycles. The first-order valence-corrected chi connectivity index (χ1v) is 9.58. The molecule has 2 saturated heterocycles. The number of thiazole rings is 1. The first-order chi connectivity index (χ1) is 11.5. The topological polar surface area (TPSA) is 65.5 Å². The van der Waals surface area contributed by atoms with Gasteiger partial charge in [-0.15, -0.1) is 11.3 Å². The van der Waals surface area contributed by atoms with Gasteiger partial charge in [-0.3, -0.25) is 14.5 Å². The third kappa shape index (κ3) is 3.47. The lowest BCUT2D eigenvalue weighted by molar-refractivity contribution is -0.131. The van der Waals surface area contributed by atoms with Crippen LogP contribution in [0.3, 0.4) is 0 Å². The molecule has 1 unspecified atom stereocenters. The van der Waals surface area contributed by atoms with Gasteiger partial charge in [0.15, 0.2) is 0 Å². The summed E-state index contributed by atoms with van der Waals surface area (Å²) in [5, 5.41) is 3.13. The molecule has 2 fully saturated rings. The second kappa shape index (κ2) is 7.19. The minimum absolute atomic E-state index is 0.0396. The van der Waals surface area contributed by atoms with E-state index in [2.05, 4.69) is 29.0 Å². The summed E-state index contributed by atoms with van der Waals surface area (Å²) in [6, 6.07) is 0.211. The molecule has 0 aliphatic carbocycles. The molecule has 1 aromatic rings. The van der Waals surface area contributed by atoms with Crippen LogP contribution < -0.4 is 5.32 Å². The lowest BCUT2D eigenvalue weighted by Crippen LogP contribution is -2.50. The van der Waals surface area contributed by atoms with Crippen LogP contribution in [0.5, 0.6) is 0 Å². The Kier molecular flexibility index (Phi) is 5.20. The van der Waals surface area contributed by atoms with Crippen LogP contribution >= 0.6 is 11.3 Å². The highest BCUT2D eigenvalue weighted by atomic mass is 32.1. The largest absolute Gasteiger partial charge is 0.348 e. The smallest absolute Gasteiger partial charge is 0.271 e. The number of likely N-dealkylation sites (tertiary alicyclic amines) is 2. The number of carbonyl (C=O) groups excluding carboxylic acids is 2. The van der Waals surface area contributed by atoms with Gasteiger partial charge < -0.3 is 10.2 Å². The molecule has 0 spiro atoms. The van der Waals surface area contributed by atoms with E-state index in [4.69, 9.17) is 0 Å². The van der Waals surface area contributed by atoms with Crippen molar-refractivity contribution in [2.75, 3.05) is 26.7 Å². The normalized spacial score (nSPS) is 23.2. The SMILES string of the molecule is CC(C)c1scnc1C(=O)NC1CCN(C2CCN(C)C2=O)CC1. The minimum atomic E-state index is -0.0601. The van der Waals surface area contributed by atoms with E-state index in [1.165, 1.54) is 0 Å². The van der Waals surface area contributed by atoms with Crippen LogP contribution in [0.2, 0.25) is 0 Å². The van der Waals surface area contributed by atoms with Gasteiger partial charge in [-0.2, -0.15) is 0 Å². The van der Waals surface area contributed by atoms with Gasteiger partial charge >= 0.3 is 0 Å². The maximum atomic E-state index is 12.5. The fourth-order valence-electron chi connectivity index (χ4n) is 3.59. The maximum Gasteiger partial charge on any atom is 0.271 e. The zero-order valence-electron chi connectivity index (χ0n) is 14.6. The molecule has 1 atom stereocenters. The first kappa shape index (κ1) is 17.4. The van der Waals surface area contributed by atoms with E-state index >= 15 is 0 Å². The number of amides is 2. The number of nitrogens with zero attached hydrogens (tertiary/aromatic N) is 3. The van der Waals surface area contributed by atoms with Crippen LogP contribution in [-0.2, 0) is 4.79 Å². The molecule has 0 bridgehead atoms. The van der Waals surface area contributed by atoms with Gasteiger partial charge in [0.1, 0.15) is 5.69 Å². The molecule has 2 aliphatic rings. The average molecular weight is 350 g/mol. The van der Waals surface area contributed by atoms with Crippen LogP contribution in [0.1, 0.15) is 54.4 Å². The van der Waals surface area contributed by atoms with E-state index in [1.54, 1.807) is 16.8 Å². The summed E-state index contributed by atoms with van der Waals surface area (Å²) in [5.41, 5.74) is 2.32. The third-order valence-corrected chi connectivity index (χ3v) is 6.17. The molecule has 2 aliphatic heterocycles. The zero-order valence-corrected chi connectivity index (χ0v) is 15.4. The summed E-state index contributed by atoms with van der Waals surface area (Å²) in [6.45, 7) is 6.74. The Balaban J connectivity index is 1.53. The van der Waals surface area contributed by atoms with Gasteiger partial charge in [0, 0.05) is 37.6 Å². The van der Waals surface area contributed by atoms with E-state index in [1.807, 2.05) is 11.9 Å². The molecule has 132 valence electrons. The molecule has 0 saturated carbocycles. The second-order valence-electron chi connectivity index (χ2n) is 7.07. The van der Waals surface area contributed by atoms with Gasteiger partial charge in [0.2, 0.25) is 5.91 Å². The summed E-state index contributed by atoms with van der Waals surface area (Å²) in [7, 11) is 1.87. The van der Waals surface area contributed by atoms with Crippen LogP contribution in [0.25, 0.3) is 0 Å². The van der Waals surface area contributed by atoms with Gasteiger partial charge in [-0.05, 0) is 25.2 Å². The summed E-state index contributed by atoms with van der Waals surface area (Å²) in [5.74, 6) is 0.488. The van der Waals surface area contributed by atoms with Crippen molar-refractivity contribution >= 4 is 23.2 Å². The number of hydrogen-bond donors (Lipinski definition) is 1. The van der Waals surface area contributed by atoms with Crippen molar-refractivity contribution in [1.29, 1.82) is 0 Å². The Morgan fingerprint density at radius 3 is 2.58 bits per heavy atom. The van der Waals surface area contributed by atoms with Crippen molar-refractivity contribution < 1.29 is 9.59 Å². The molecule has 3 rings (SSSR count). The molecule has 7 heteroatoms. The summed E-state index contributed by atoms with van der Waals surface area (Å²) in [6.07, 6.45) is 2.70. The van der Waals surface area contributed by atoms with E-state index in [0.29, 0.717) is 11.6 Å². The predicted molar refractivity (Wildman–Crippen MR) is 94.3 cm³/mol. The highest BCUT2D eigenvalue weighted by Crippen LogP contribution is 2.24. The van der Waals surface area contributed by atoms with Crippen molar-refractivity contribution in [2.24, 2.45) is 0 Å². The van der Waals surface area contributed by atoms with Crippen molar-refractivity contribution in [3.63, 3.8) is 0 Å². The van der Waals surface area contributed by atoms with Crippen molar-refractivity contribution in [2.45, 2.75) is 51.1 Å². The van der Waals surface area contributed by atoms with Crippen molar-refractivity contribution in [3.05, 3.63) is 16.1 Å². The average Bonchev–Trinajstić information content (AvgIpc) is 3.17. The van der Waals surface area contributed by atoms with Gasteiger partial charge in [0.25, 0.3) is 5.91 Å². The predicted octanol–water partition coefficient (Wildman–Crippen LogP) is 1.69. The van der Waals surface area contributed by atoms with E-state index < -0.39 is 0 Å². The lowest BCUT2D eigenvalue weighted by atomic mass is 10.0. The van der Waals surface area contributed by atoms with Crippen molar-refractivity contribution in [3.8, 4) is 0 Å². The van der Waals surface area contributed by atoms with Crippen LogP contribution in [0.4, 0.5) is 0 Å². The summed E-state index contributed by atoms with van der Waals surface area (Å²) < 4.78 is 0. The van der Waals surface area contributed by atoms with E-state index in [9.17, 15) is 9.59 Å². The monoisotopic (exact) mass is 350 g/mol. The maximum absolute atomic E-state index is 12.5. The minimum Gasteiger partial charge on any atom is -0.348 e. The molecule has 0 radical (unpaired) electrons. The Labute approximate surface area is 147 Å².